The highest BCUT2D eigenvalue weighted by Gasteiger charge is 2.32. The molecule has 8 nitrogen and oxygen atoms in total. The van der Waals surface area contributed by atoms with Gasteiger partial charge in [-0.05, 0) is 53.5 Å². The molecule has 4 aromatic rings. The number of anilines is 1. The van der Waals surface area contributed by atoms with Crippen LogP contribution in [0.1, 0.15) is 56.6 Å². The van der Waals surface area contributed by atoms with Crippen molar-refractivity contribution >= 4 is 5.82 Å². The second kappa shape index (κ2) is 10.5. The van der Waals surface area contributed by atoms with Gasteiger partial charge in [0.25, 0.3) is 0 Å². The molecule has 1 aliphatic heterocycles. The van der Waals surface area contributed by atoms with Crippen LogP contribution in [0.3, 0.4) is 0 Å². The van der Waals surface area contributed by atoms with Gasteiger partial charge in [-0.3, -0.25) is 4.90 Å². The van der Waals surface area contributed by atoms with Crippen LogP contribution in [0.25, 0.3) is 22.5 Å². The van der Waals surface area contributed by atoms with Crippen molar-refractivity contribution in [2.75, 3.05) is 24.7 Å². The van der Waals surface area contributed by atoms with Crippen LogP contribution in [0.4, 0.5) is 5.82 Å². The van der Waals surface area contributed by atoms with Gasteiger partial charge in [0.2, 0.25) is 5.82 Å². The molecule has 0 amide bonds. The zero-order chi connectivity index (χ0) is 25.2. The van der Waals surface area contributed by atoms with E-state index in [0.717, 1.165) is 68.2 Å². The van der Waals surface area contributed by atoms with E-state index in [1.807, 2.05) is 12.1 Å². The second-order valence-electron chi connectivity index (χ2n) is 10.5. The Morgan fingerprint density at radius 1 is 0.973 bits per heavy atom. The molecule has 192 valence electrons. The summed E-state index contributed by atoms with van der Waals surface area (Å²) in [7, 11) is 0. The SMILES string of the molecule is CCCc1nc2c(n1Cc1ccc(-c3ccccc3-c3nn[nH]n3)cc1)CN(CC1CC1)CN2CCC. The number of fused-ring (bicyclic) bond motifs is 1. The van der Waals surface area contributed by atoms with Crippen LogP contribution < -0.4 is 4.90 Å². The molecular weight excluding hydrogens is 460 g/mol. The van der Waals surface area contributed by atoms with E-state index >= 15 is 0 Å². The number of benzene rings is 2. The van der Waals surface area contributed by atoms with Gasteiger partial charge < -0.3 is 9.47 Å². The fourth-order valence-corrected chi connectivity index (χ4v) is 5.52. The number of aryl methyl sites for hydroxylation is 1. The predicted molar refractivity (Wildman–Crippen MR) is 146 cm³/mol. The molecule has 2 aromatic heterocycles. The molecule has 8 heteroatoms. The lowest BCUT2D eigenvalue weighted by Gasteiger charge is -2.36. The summed E-state index contributed by atoms with van der Waals surface area (Å²) in [4.78, 5) is 10.4. The molecule has 37 heavy (non-hydrogen) atoms. The minimum Gasteiger partial charge on any atom is -0.342 e. The topological polar surface area (TPSA) is 78.8 Å². The molecule has 2 aromatic carbocycles. The highest BCUT2D eigenvalue weighted by Crippen LogP contribution is 2.35. The van der Waals surface area contributed by atoms with Gasteiger partial charge in [0, 0.05) is 38.2 Å². The van der Waals surface area contributed by atoms with Gasteiger partial charge in [-0.1, -0.05) is 62.4 Å². The van der Waals surface area contributed by atoms with Crippen molar-refractivity contribution < 1.29 is 0 Å². The highest BCUT2D eigenvalue weighted by atomic mass is 15.5. The van der Waals surface area contributed by atoms with Gasteiger partial charge in [-0.25, -0.2) is 4.98 Å². The Balaban J connectivity index is 1.30. The Morgan fingerprint density at radius 2 is 1.78 bits per heavy atom. The van der Waals surface area contributed by atoms with E-state index in [4.69, 9.17) is 4.98 Å². The molecule has 0 saturated heterocycles. The average Bonchev–Trinajstić information content (AvgIpc) is 3.43. The van der Waals surface area contributed by atoms with E-state index in [0.29, 0.717) is 5.82 Å². The first kappa shape index (κ1) is 23.9. The third kappa shape index (κ3) is 5.03. The van der Waals surface area contributed by atoms with Crippen molar-refractivity contribution in [3.05, 3.63) is 65.6 Å². The Morgan fingerprint density at radius 3 is 2.49 bits per heavy atom. The van der Waals surface area contributed by atoms with Crippen LogP contribution in [-0.4, -0.2) is 54.8 Å². The smallest absolute Gasteiger partial charge is 0.205 e. The quantitative estimate of drug-likeness (QED) is 0.328. The Bertz CT molecular complexity index is 1320. The van der Waals surface area contributed by atoms with Gasteiger partial charge in [0.1, 0.15) is 5.82 Å². The molecule has 2 aliphatic rings. The number of nitrogens with one attached hydrogen (secondary N) is 1. The number of hydrogen-bond acceptors (Lipinski definition) is 6. The number of hydrogen-bond donors (Lipinski definition) is 1. The summed E-state index contributed by atoms with van der Waals surface area (Å²) in [5, 5.41) is 14.7. The maximum absolute atomic E-state index is 5.21. The van der Waals surface area contributed by atoms with Crippen molar-refractivity contribution in [3.63, 3.8) is 0 Å². The Hall–Kier alpha value is -3.52. The van der Waals surface area contributed by atoms with E-state index in [1.54, 1.807) is 0 Å². The summed E-state index contributed by atoms with van der Waals surface area (Å²) in [5.41, 5.74) is 5.91. The number of H-pyrrole nitrogens is 1. The number of tetrazole rings is 1. The van der Waals surface area contributed by atoms with Crippen molar-refractivity contribution in [3.8, 4) is 22.5 Å². The van der Waals surface area contributed by atoms with Crippen LogP contribution in [0, 0.1) is 5.92 Å². The molecular formula is C29H36N8. The first-order valence-electron chi connectivity index (χ1n) is 13.7. The maximum atomic E-state index is 5.21. The fraction of sp³-hybridized carbons (Fsp3) is 0.448. The van der Waals surface area contributed by atoms with Gasteiger partial charge in [0.05, 0.1) is 12.4 Å². The van der Waals surface area contributed by atoms with Crippen LogP contribution >= 0.6 is 0 Å². The average molecular weight is 497 g/mol. The molecule has 0 atom stereocenters. The van der Waals surface area contributed by atoms with Crippen LogP contribution in [0.15, 0.2) is 48.5 Å². The largest absolute Gasteiger partial charge is 0.342 e. The fourth-order valence-electron chi connectivity index (χ4n) is 5.52. The lowest BCUT2D eigenvalue weighted by Crippen LogP contribution is -2.44. The summed E-state index contributed by atoms with van der Waals surface area (Å²) in [5.74, 6) is 3.93. The van der Waals surface area contributed by atoms with Crippen molar-refractivity contribution in [1.82, 2.24) is 35.1 Å². The van der Waals surface area contributed by atoms with Gasteiger partial charge >= 0.3 is 0 Å². The lowest BCUT2D eigenvalue weighted by atomic mass is 9.98. The zero-order valence-electron chi connectivity index (χ0n) is 21.9. The zero-order valence-corrected chi connectivity index (χ0v) is 21.9. The van der Waals surface area contributed by atoms with Gasteiger partial charge in [0.15, 0.2) is 5.82 Å². The first-order chi connectivity index (χ1) is 18.2. The summed E-state index contributed by atoms with van der Waals surface area (Å²) < 4.78 is 2.50. The second-order valence-corrected chi connectivity index (χ2v) is 10.5. The molecule has 1 fully saturated rings. The third-order valence-electron chi connectivity index (χ3n) is 7.47. The minimum atomic E-state index is 0.612. The first-order valence-corrected chi connectivity index (χ1v) is 13.7. The molecule has 1 N–H and O–H groups in total. The van der Waals surface area contributed by atoms with Gasteiger partial charge in [-0.15, -0.1) is 10.2 Å². The Kier molecular flexibility index (Phi) is 6.74. The lowest BCUT2D eigenvalue weighted by molar-refractivity contribution is 0.234. The molecule has 6 rings (SSSR count). The Labute approximate surface area is 218 Å². The van der Waals surface area contributed by atoms with Crippen molar-refractivity contribution in [2.45, 2.75) is 59.0 Å². The molecule has 0 radical (unpaired) electrons. The van der Waals surface area contributed by atoms with E-state index in [1.165, 1.54) is 42.3 Å². The van der Waals surface area contributed by atoms with Crippen LogP contribution in [0.2, 0.25) is 0 Å². The van der Waals surface area contributed by atoms with Crippen molar-refractivity contribution in [1.29, 1.82) is 0 Å². The maximum Gasteiger partial charge on any atom is 0.205 e. The number of nitrogens with zero attached hydrogens (tertiary/aromatic N) is 7. The number of aromatic amines is 1. The molecule has 0 spiro atoms. The summed E-state index contributed by atoms with van der Waals surface area (Å²) in [6.07, 6.45) is 6.02. The third-order valence-corrected chi connectivity index (χ3v) is 7.47. The highest BCUT2D eigenvalue weighted by molar-refractivity contribution is 5.80. The van der Waals surface area contributed by atoms with Crippen LogP contribution in [0.5, 0.6) is 0 Å². The van der Waals surface area contributed by atoms with Crippen molar-refractivity contribution in [2.24, 2.45) is 5.92 Å². The number of imidazole rings is 1. The molecule has 0 bridgehead atoms. The summed E-state index contributed by atoms with van der Waals surface area (Å²) >= 11 is 0. The van der Waals surface area contributed by atoms with E-state index in [-0.39, 0.29) is 0 Å². The van der Waals surface area contributed by atoms with E-state index < -0.39 is 0 Å². The standard InChI is InChI=1S/C29H36N8/c1-3-7-27-30-29-26(19-35(17-21-10-11-21)20-36(29)16-4-2)37(27)18-22-12-14-23(15-13-22)24-8-5-6-9-25(24)28-31-33-34-32-28/h5-6,8-9,12-15,21H,3-4,7,10-11,16-20H2,1-2H3,(H,31,32,33,34). The monoisotopic (exact) mass is 496 g/mol. The molecule has 1 aliphatic carbocycles. The predicted octanol–water partition coefficient (Wildman–Crippen LogP) is 5.13. The molecule has 3 heterocycles. The van der Waals surface area contributed by atoms with Crippen LogP contribution in [-0.2, 0) is 19.5 Å². The number of rotatable bonds is 10. The van der Waals surface area contributed by atoms with E-state index in [9.17, 15) is 0 Å². The summed E-state index contributed by atoms with van der Waals surface area (Å²) in [6, 6.07) is 17.1. The van der Waals surface area contributed by atoms with E-state index in [2.05, 4.69) is 85.2 Å². The molecule has 1 saturated carbocycles. The number of aromatic nitrogens is 6. The van der Waals surface area contributed by atoms with Gasteiger partial charge in [-0.2, -0.15) is 5.21 Å². The normalized spacial score (nSPS) is 15.8. The molecule has 0 unspecified atom stereocenters. The minimum absolute atomic E-state index is 0.612. The summed E-state index contributed by atoms with van der Waals surface area (Å²) in [6.45, 7) is 9.64.